The van der Waals surface area contributed by atoms with Crippen LogP contribution < -0.4 is 0 Å². The fraction of sp³-hybridized carbons (Fsp3) is 0.200. The van der Waals surface area contributed by atoms with Crippen LogP contribution in [0.3, 0.4) is 0 Å². The Morgan fingerprint density at radius 2 is 1.41 bits per heavy atom. The maximum atomic E-state index is 5.62. The van der Waals surface area contributed by atoms with E-state index in [1.54, 1.807) is 0 Å². The van der Waals surface area contributed by atoms with Crippen LogP contribution in [-0.4, -0.2) is 0 Å². The molecule has 2 nitrogen and oxygen atoms in total. The highest BCUT2D eigenvalue weighted by Crippen LogP contribution is 2.52. The Kier molecular flexibility index (Phi) is 1.64. The van der Waals surface area contributed by atoms with Gasteiger partial charge in [0.2, 0.25) is 0 Å². The van der Waals surface area contributed by atoms with Gasteiger partial charge in [0.15, 0.2) is 5.60 Å². The van der Waals surface area contributed by atoms with Gasteiger partial charge >= 0.3 is 0 Å². The van der Waals surface area contributed by atoms with Gasteiger partial charge in [-0.3, -0.25) is 0 Å². The molecule has 5 rings (SSSR count). The number of rotatable bonds is 0. The van der Waals surface area contributed by atoms with Crippen molar-refractivity contribution in [2.24, 2.45) is 0 Å². The van der Waals surface area contributed by atoms with Crippen LogP contribution in [0.15, 0.2) is 48.5 Å². The van der Waals surface area contributed by atoms with Crippen LogP contribution in [0.25, 0.3) is 0 Å². The van der Waals surface area contributed by atoms with Crippen molar-refractivity contribution in [3.8, 4) is 0 Å². The summed E-state index contributed by atoms with van der Waals surface area (Å²) in [4.78, 5) is 11.2. The maximum absolute atomic E-state index is 5.62. The molecule has 0 radical (unpaired) electrons. The molecule has 0 N–H and O–H groups in total. The quantitative estimate of drug-likeness (QED) is 0.639. The highest BCUT2D eigenvalue weighted by molar-refractivity contribution is 5.54. The summed E-state index contributed by atoms with van der Waals surface area (Å²) in [5, 5.41) is 0. The first-order valence-corrected chi connectivity index (χ1v) is 5.84. The van der Waals surface area contributed by atoms with E-state index in [9.17, 15) is 0 Å². The van der Waals surface area contributed by atoms with Crippen molar-refractivity contribution >= 4 is 0 Å². The van der Waals surface area contributed by atoms with Crippen LogP contribution in [0.1, 0.15) is 35.3 Å². The Morgan fingerprint density at radius 3 is 2.00 bits per heavy atom. The van der Waals surface area contributed by atoms with Gasteiger partial charge in [-0.1, -0.05) is 48.5 Å². The number of hydrogen-bond acceptors (Lipinski definition) is 2. The minimum absolute atomic E-state index is 0.0794. The highest BCUT2D eigenvalue weighted by atomic mass is 17.2. The lowest BCUT2D eigenvalue weighted by molar-refractivity contribution is -0.392. The minimum Gasteiger partial charge on any atom is -0.222 e. The Bertz CT molecular complexity index is 556. The first kappa shape index (κ1) is 9.40. The van der Waals surface area contributed by atoms with Crippen molar-refractivity contribution in [2.45, 2.75) is 18.6 Å². The molecule has 3 aliphatic rings. The third-order valence-corrected chi connectivity index (χ3v) is 3.83. The summed E-state index contributed by atoms with van der Waals surface area (Å²) < 4.78 is 0. The monoisotopic (exact) mass is 224 g/mol. The van der Waals surface area contributed by atoms with Gasteiger partial charge in [0.1, 0.15) is 6.10 Å². The van der Waals surface area contributed by atoms with Crippen molar-refractivity contribution < 1.29 is 9.78 Å². The number of benzene rings is 2. The third kappa shape index (κ3) is 1.02. The van der Waals surface area contributed by atoms with Crippen LogP contribution >= 0.6 is 0 Å². The van der Waals surface area contributed by atoms with E-state index in [2.05, 4.69) is 55.5 Å². The lowest BCUT2D eigenvalue weighted by atomic mass is 9.74. The molecule has 0 atom stereocenters. The molecule has 0 saturated carbocycles. The number of hydrogen-bond donors (Lipinski definition) is 0. The predicted molar refractivity (Wildman–Crippen MR) is 63.4 cm³/mol. The molecule has 0 aromatic heterocycles. The van der Waals surface area contributed by atoms with Gasteiger partial charge in [-0.2, -0.15) is 0 Å². The molecule has 2 heteroatoms. The fourth-order valence-corrected chi connectivity index (χ4v) is 2.97. The lowest BCUT2D eigenvalue weighted by Gasteiger charge is -2.45. The van der Waals surface area contributed by atoms with Gasteiger partial charge in [0, 0.05) is 0 Å². The zero-order valence-electron chi connectivity index (χ0n) is 9.51. The van der Waals surface area contributed by atoms with E-state index in [1.807, 2.05) is 0 Å². The molecule has 0 spiro atoms. The van der Waals surface area contributed by atoms with E-state index >= 15 is 0 Å². The van der Waals surface area contributed by atoms with Crippen molar-refractivity contribution in [2.75, 3.05) is 0 Å². The molecule has 0 fully saturated rings. The fourth-order valence-electron chi connectivity index (χ4n) is 2.97. The van der Waals surface area contributed by atoms with Crippen LogP contribution in [0.2, 0.25) is 0 Å². The molecule has 2 aromatic carbocycles. The summed E-state index contributed by atoms with van der Waals surface area (Å²) in [6.45, 7) is 2.07. The van der Waals surface area contributed by atoms with Gasteiger partial charge < -0.3 is 0 Å². The van der Waals surface area contributed by atoms with E-state index in [0.29, 0.717) is 0 Å². The first-order valence-electron chi connectivity index (χ1n) is 5.84. The average molecular weight is 224 g/mol. The summed E-state index contributed by atoms with van der Waals surface area (Å²) in [5.41, 5.74) is 4.41. The molecule has 2 aliphatic heterocycles. The van der Waals surface area contributed by atoms with Crippen molar-refractivity contribution in [1.29, 1.82) is 0 Å². The predicted octanol–water partition coefficient (Wildman–Crippen LogP) is 3.31. The zero-order chi connectivity index (χ0) is 11.5. The Morgan fingerprint density at radius 1 is 0.882 bits per heavy atom. The third-order valence-electron chi connectivity index (χ3n) is 3.83. The second-order valence-corrected chi connectivity index (χ2v) is 4.77. The highest BCUT2D eigenvalue weighted by Gasteiger charge is 2.48. The Hall–Kier alpha value is -1.64. The van der Waals surface area contributed by atoms with Gasteiger partial charge in [-0.25, -0.2) is 9.78 Å². The van der Waals surface area contributed by atoms with Gasteiger partial charge in [0.25, 0.3) is 0 Å². The lowest BCUT2D eigenvalue weighted by Crippen LogP contribution is -2.41. The first-order chi connectivity index (χ1) is 8.31. The molecule has 17 heavy (non-hydrogen) atoms. The molecule has 2 bridgehead atoms. The molecular formula is C15H12O2. The van der Waals surface area contributed by atoms with Crippen LogP contribution in [0.4, 0.5) is 0 Å². The molecule has 84 valence electrons. The van der Waals surface area contributed by atoms with Gasteiger partial charge in [-0.05, 0) is 29.2 Å². The van der Waals surface area contributed by atoms with E-state index < -0.39 is 5.60 Å². The molecule has 0 saturated heterocycles. The second kappa shape index (κ2) is 2.97. The normalized spacial score (nSPS) is 28.6. The molecular weight excluding hydrogens is 212 g/mol. The number of fused-ring (bicyclic) bond motifs is 1. The Labute approximate surface area is 99.7 Å². The van der Waals surface area contributed by atoms with Gasteiger partial charge in [0.05, 0.1) is 0 Å². The standard InChI is InChI=1S/C15H12O2/c1-15-12-8-4-2-6-10(12)14(16-17-15)11-7-3-5-9-13(11)15/h2-9,14H,1H3. The maximum Gasteiger partial charge on any atom is 0.151 e. The largest absolute Gasteiger partial charge is 0.222 e. The Balaban J connectivity index is 2.10. The topological polar surface area (TPSA) is 18.5 Å². The molecule has 2 heterocycles. The summed E-state index contributed by atoms with van der Waals surface area (Å²) in [6.07, 6.45) is -0.0794. The van der Waals surface area contributed by atoms with Crippen LogP contribution in [-0.2, 0) is 15.4 Å². The van der Waals surface area contributed by atoms with E-state index in [0.717, 1.165) is 0 Å². The smallest absolute Gasteiger partial charge is 0.151 e. The van der Waals surface area contributed by atoms with E-state index in [-0.39, 0.29) is 6.10 Å². The second-order valence-electron chi connectivity index (χ2n) is 4.77. The molecule has 2 aromatic rings. The minimum atomic E-state index is -0.470. The summed E-state index contributed by atoms with van der Waals surface area (Å²) >= 11 is 0. The van der Waals surface area contributed by atoms with E-state index in [1.165, 1.54) is 22.3 Å². The zero-order valence-corrected chi connectivity index (χ0v) is 9.51. The van der Waals surface area contributed by atoms with Crippen LogP contribution in [0, 0.1) is 0 Å². The van der Waals surface area contributed by atoms with Crippen molar-refractivity contribution in [3.63, 3.8) is 0 Å². The van der Waals surface area contributed by atoms with Crippen LogP contribution in [0.5, 0.6) is 0 Å². The molecule has 0 amide bonds. The van der Waals surface area contributed by atoms with Crippen molar-refractivity contribution in [3.05, 3.63) is 70.8 Å². The molecule has 0 unspecified atom stereocenters. The summed E-state index contributed by atoms with van der Waals surface area (Å²) in [7, 11) is 0. The van der Waals surface area contributed by atoms with Crippen molar-refractivity contribution in [1.82, 2.24) is 0 Å². The SMILES string of the molecule is CC12OOC(c3ccccc31)c1ccccc12. The summed E-state index contributed by atoms with van der Waals surface area (Å²) in [6, 6.07) is 16.7. The molecule has 1 aliphatic carbocycles. The average Bonchev–Trinajstić information content (AvgIpc) is 2.40. The van der Waals surface area contributed by atoms with E-state index in [4.69, 9.17) is 9.78 Å². The summed E-state index contributed by atoms with van der Waals surface area (Å²) in [5.74, 6) is 0. The van der Waals surface area contributed by atoms with Gasteiger partial charge in [-0.15, -0.1) is 0 Å².